The summed E-state index contributed by atoms with van der Waals surface area (Å²) in [5, 5.41) is 0. The quantitative estimate of drug-likeness (QED) is 0.432. The number of carbonyl (C=O) groups excluding carboxylic acids is 1. The van der Waals surface area contributed by atoms with Gasteiger partial charge in [0.1, 0.15) is 5.78 Å². The summed E-state index contributed by atoms with van der Waals surface area (Å²) in [5.74, 6) is 1.71. The van der Waals surface area contributed by atoms with Crippen LogP contribution in [0.3, 0.4) is 0 Å². The molecular weight excluding hydrogens is 268 g/mol. The van der Waals surface area contributed by atoms with E-state index >= 15 is 0 Å². The normalized spacial score (nSPS) is 20.8. The van der Waals surface area contributed by atoms with Crippen LogP contribution in [0.15, 0.2) is 11.1 Å². The summed E-state index contributed by atoms with van der Waals surface area (Å²) in [7, 11) is 0. The molecule has 1 nitrogen and oxygen atoms in total. The fourth-order valence-electron chi connectivity index (χ4n) is 4.17. The number of hydrogen-bond donors (Lipinski definition) is 0. The molecule has 1 aliphatic carbocycles. The second-order valence-electron chi connectivity index (χ2n) is 8.58. The fraction of sp³-hybridized carbons (Fsp3) is 0.857. The van der Waals surface area contributed by atoms with Gasteiger partial charge in [-0.1, -0.05) is 58.1 Å². The van der Waals surface area contributed by atoms with Crippen molar-refractivity contribution in [3.63, 3.8) is 0 Å². The summed E-state index contributed by atoms with van der Waals surface area (Å²) in [6.45, 7) is 13.5. The molecule has 0 aromatic rings. The SMILES string of the molecule is CC(=O)CC(C)CCCC(C)CCC1=C(C)CCCC1(C)C. The number of rotatable bonds is 9. The molecule has 0 saturated heterocycles. The van der Waals surface area contributed by atoms with Crippen molar-refractivity contribution in [1.82, 2.24) is 0 Å². The summed E-state index contributed by atoms with van der Waals surface area (Å²) in [5.41, 5.74) is 3.84. The van der Waals surface area contributed by atoms with Crippen LogP contribution < -0.4 is 0 Å². The fourth-order valence-corrected chi connectivity index (χ4v) is 4.17. The molecule has 2 unspecified atom stereocenters. The molecule has 22 heavy (non-hydrogen) atoms. The van der Waals surface area contributed by atoms with Crippen molar-refractivity contribution in [3.8, 4) is 0 Å². The molecule has 0 N–H and O–H groups in total. The Bertz CT molecular complexity index is 389. The van der Waals surface area contributed by atoms with Crippen molar-refractivity contribution in [3.05, 3.63) is 11.1 Å². The number of carbonyl (C=O) groups is 1. The standard InChI is InChI=1S/C21H38O/c1-16(9-7-10-17(2)15-19(4)22)12-13-20-18(3)11-8-14-21(20,5)6/h16-17H,7-15H2,1-6H3. The Balaban J connectivity index is 2.31. The zero-order chi connectivity index (χ0) is 16.8. The average Bonchev–Trinajstić information content (AvgIpc) is 2.36. The molecule has 0 spiro atoms. The number of hydrogen-bond acceptors (Lipinski definition) is 1. The molecule has 0 aromatic carbocycles. The lowest BCUT2D eigenvalue weighted by Crippen LogP contribution is -2.20. The van der Waals surface area contributed by atoms with Crippen molar-refractivity contribution in [2.75, 3.05) is 0 Å². The van der Waals surface area contributed by atoms with E-state index in [4.69, 9.17) is 0 Å². The van der Waals surface area contributed by atoms with Crippen molar-refractivity contribution >= 4 is 5.78 Å². The predicted molar refractivity (Wildman–Crippen MR) is 97.0 cm³/mol. The lowest BCUT2D eigenvalue weighted by atomic mass is 9.70. The van der Waals surface area contributed by atoms with E-state index in [-0.39, 0.29) is 0 Å². The highest BCUT2D eigenvalue weighted by Crippen LogP contribution is 2.42. The monoisotopic (exact) mass is 306 g/mol. The zero-order valence-electron chi connectivity index (χ0n) is 15.9. The highest BCUT2D eigenvalue weighted by molar-refractivity contribution is 5.75. The van der Waals surface area contributed by atoms with Crippen molar-refractivity contribution < 1.29 is 4.79 Å². The summed E-state index contributed by atoms with van der Waals surface area (Å²) in [6.07, 6.45) is 11.2. The molecule has 2 atom stereocenters. The number of ketones is 1. The van der Waals surface area contributed by atoms with Gasteiger partial charge in [0.25, 0.3) is 0 Å². The van der Waals surface area contributed by atoms with Crippen LogP contribution in [0.4, 0.5) is 0 Å². The van der Waals surface area contributed by atoms with Gasteiger partial charge in [-0.25, -0.2) is 0 Å². The lowest BCUT2D eigenvalue weighted by Gasteiger charge is -2.35. The first-order chi connectivity index (χ1) is 10.2. The smallest absolute Gasteiger partial charge is 0.130 e. The maximum Gasteiger partial charge on any atom is 0.130 e. The predicted octanol–water partition coefficient (Wildman–Crippen LogP) is 6.71. The Labute approximate surface area is 139 Å². The molecule has 0 bridgehead atoms. The van der Waals surface area contributed by atoms with E-state index in [1.807, 2.05) is 0 Å². The van der Waals surface area contributed by atoms with Crippen LogP contribution in [0.1, 0.15) is 99.3 Å². The van der Waals surface area contributed by atoms with Gasteiger partial charge in [0.2, 0.25) is 0 Å². The van der Waals surface area contributed by atoms with E-state index < -0.39 is 0 Å². The summed E-state index contributed by atoms with van der Waals surface area (Å²) in [4.78, 5) is 11.1. The summed E-state index contributed by atoms with van der Waals surface area (Å²) < 4.78 is 0. The van der Waals surface area contributed by atoms with Crippen LogP contribution in [0.25, 0.3) is 0 Å². The zero-order valence-corrected chi connectivity index (χ0v) is 15.9. The van der Waals surface area contributed by atoms with Crippen LogP contribution in [-0.2, 0) is 4.79 Å². The molecule has 1 rings (SSSR count). The van der Waals surface area contributed by atoms with Gasteiger partial charge in [0, 0.05) is 6.42 Å². The van der Waals surface area contributed by atoms with E-state index in [0.717, 1.165) is 12.3 Å². The van der Waals surface area contributed by atoms with Crippen molar-refractivity contribution in [2.24, 2.45) is 17.3 Å². The molecule has 0 radical (unpaired) electrons. The van der Waals surface area contributed by atoms with Gasteiger partial charge >= 0.3 is 0 Å². The minimum atomic E-state index is 0.336. The molecule has 0 aromatic heterocycles. The van der Waals surface area contributed by atoms with Gasteiger partial charge in [-0.3, -0.25) is 0 Å². The molecule has 0 amide bonds. The molecule has 0 fully saturated rings. The number of Topliss-reactive ketones (excluding diaryl/α,β-unsaturated/α-hetero) is 1. The third kappa shape index (κ3) is 6.67. The third-order valence-corrected chi connectivity index (χ3v) is 5.60. The molecule has 0 saturated carbocycles. The highest BCUT2D eigenvalue weighted by atomic mass is 16.1. The Kier molecular flexibility index (Phi) is 7.86. The van der Waals surface area contributed by atoms with E-state index in [2.05, 4.69) is 34.6 Å². The second kappa shape index (κ2) is 8.89. The molecule has 128 valence electrons. The summed E-state index contributed by atoms with van der Waals surface area (Å²) >= 11 is 0. The van der Waals surface area contributed by atoms with E-state index in [0.29, 0.717) is 17.1 Å². The van der Waals surface area contributed by atoms with E-state index in [1.54, 1.807) is 18.1 Å². The van der Waals surface area contributed by atoms with Crippen LogP contribution in [0.2, 0.25) is 0 Å². The maximum atomic E-state index is 11.1. The second-order valence-corrected chi connectivity index (χ2v) is 8.58. The first-order valence-corrected chi connectivity index (χ1v) is 9.41. The first kappa shape index (κ1) is 19.5. The van der Waals surface area contributed by atoms with Gasteiger partial charge in [0.15, 0.2) is 0 Å². The van der Waals surface area contributed by atoms with Crippen molar-refractivity contribution in [1.29, 1.82) is 0 Å². The maximum absolute atomic E-state index is 11.1. The Morgan fingerprint density at radius 1 is 1.14 bits per heavy atom. The van der Waals surface area contributed by atoms with Crippen LogP contribution in [-0.4, -0.2) is 5.78 Å². The largest absolute Gasteiger partial charge is 0.300 e. The topological polar surface area (TPSA) is 17.1 Å². The minimum Gasteiger partial charge on any atom is -0.300 e. The van der Waals surface area contributed by atoms with Crippen LogP contribution in [0, 0.1) is 17.3 Å². The van der Waals surface area contributed by atoms with Crippen LogP contribution >= 0.6 is 0 Å². The Morgan fingerprint density at radius 3 is 2.36 bits per heavy atom. The highest BCUT2D eigenvalue weighted by Gasteiger charge is 2.28. The van der Waals surface area contributed by atoms with Gasteiger partial charge < -0.3 is 4.79 Å². The molecule has 1 heteroatoms. The minimum absolute atomic E-state index is 0.336. The van der Waals surface area contributed by atoms with Gasteiger partial charge in [0.05, 0.1) is 0 Å². The van der Waals surface area contributed by atoms with E-state index in [1.165, 1.54) is 51.4 Å². The van der Waals surface area contributed by atoms with Gasteiger partial charge in [-0.15, -0.1) is 0 Å². The average molecular weight is 307 g/mol. The summed E-state index contributed by atoms with van der Waals surface area (Å²) in [6, 6.07) is 0. The third-order valence-electron chi connectivity index (χ3n) is 5.60. The van der Waals surface area contributed by atoms with Crippen molar-refractivity contribution in [2.45, 2.75) is 99.3 Å². The Morgan fingerprint density at radius 2 is 1.77 bits per heavy atom. The Hall–Kier alpha value is -0.590. The van der Waals surface area contributed by atoms with Gasteiger partial charge in [-0.05, 0) is 63.2 Å². The number of allylic oxidation sites excluding steroid dienone is 2. The first-order valence-electron chi connectivity index (χ1n) is 9.41. The molecule has 1 aliphatic rings. The molecular formula is C21H38O. The molecule has 0 aliphatic heterocycles. The lowest BCUT2D eigenvalue weighted by molar-refractivity contribution is -0.117. The van der Waals surface area contributed by atoms with E-state index in [9.17, 15) is 4.79 Å². The van der Waals surface area contributed by atoms with Crippen LogP contribution in [0.5, 0.6) is 0 Å². The van der Waals surface area contributed by atoms with Gasteiger partial charge in [-0.2, -0.15) is 0 Å². The molecule has 0 heterocycles.